The summed E-state index contributed by atoms with van der Waals surface area (Å²) in [6.07, 6.45) is 2.88. The number of hydrogen-bond donors (Lipinski definition) is 3. The van der Waals surface area contributed by atoms with Gasteiger partial charge in [0.25, 0.3) is 0 Å². The molecule has 6 nitrogen and oxygen atoms in total. The molecule has 0 aromatic heterocycles. The smallest absolute Gasteiger partial charge is 0.243 e. The van der Waals surface area contributed by atoms with Crippen LogP contribution >= 0.6 is 0 Å². The van der Waals surface area contributed by atoms with E-state index in [0.29, 0.717) is 6.42 Å². The summed E-state index contributed by atoms with van der Waals surface area (Å²) < 4.78 is 0. The van der Waals surface area contributed by atoms with Crippen molar-refractivity contribution in [1.29, 1.82) is 0 Å². The number of carbonyl (C=O) groups excluding carboxylic acids is 3. The Morgan fingerprint density at radius 3 is 2.50 bits per heavy atom. The summed E-state index contributed by atoms with van der Waals surface area (Å²) in [6, 6.07) is 8.73. The van der Waals surface area contributed by atoms with Gasteiger partial charge in [0.15, 0.2) is 0 Å². The van der Waals surface area contributed by atoms with Gasteiger partial charge in [0, 0.05) is 26.4 Å². The van der Waals surface area contributed by atoms with E-state index in [-0.39, 0.29) is 29.7 Å². The first-order chi connectivity index (χ1) is 11.5. The van der Waals surface area contributed by atoms with Gasteiger partial charge in [-0.25, -0.2) is 0 Å². The van der Waals surface area contributed by atoms with Crippen LogP contribution in [0.5, 0.6) is 0 Å². The van der Waals surface area contributed by atoms with Crippen LogP contribution in [0, 0.1) is 5.92 Å². The Morgan fingerprint density at radius 2 is 1.88 bits per heavy atom. The quantitative estimate of drug-likeness (QED) is 0.719. The second kappa shape index (κ2) is 8.47. The monoisotopic (exact) mass is 331 g/mol. The molecule has 24 heavy (non-hydrogen) atoms. The zero-order valence-electron chi connectivity index (χ0n) is 14.2. The van der Waals surface area contributed by atoms with Crippen molar-refractivity contribution >= 4 is 17.7 Å². The van der Waals surface area contributed by atoms with Gasteiger partial charge < -0.3 is 16.0 Å². The summed E-state index contributed by atoms with van der Waals surface area (Å²) in [4.78, 5) is 36.0. The Hall–Kier alpha value is -2.37. The van der Waals surface area contributed by atoms with E-state index >= 15 is 0 Å². The molecule has 1 aliphatic rings. The minimum absolute atomic E-state index is 0.0445. The number of amides is 3. The van der Waals surface area contributed by atoms with E-state index in [4.69, 9.17) is 0 Å². The first-order valence-electron chi connectivity index (χ1n) is 8.34. The highest BCUT2D eigenvalue weighted by Crippen LogP contribution is 2.26. The fourth-order valence-electron chi connectivity index (χ4n) is 3.22. The molecule has 3 amide bonds. The summed E-state index contributed by atoms with van der Waals surface area (Å²) in [5, 5.41) is 8.32. The van der Waals surface area contributed by atoms with E-state index in [1.807, 2.05) is 30.3 Å². The van der Waals surface area contributed by atoms with Crippen molar-refractivity contribution in [3.05, 3.63) is 35.9 Å². The minimum atomic E-state index is -0.643. The van der Waals surface area contributed by atoms with Crippen molar-refractivity contribution in [1.82, 2.24) is 16.0 Å². The topological polar surface area (TPSA) is 87.3 Å². The Morgan fingerprint density at radius 1 is 1.17 bits per heavy atom. The summed E-state index contributed by atoms with van der Waals surface area (Å²) in [6.45, 7) is 1.40. The molecule has 0 radical (unpaired) electrons. The molecule has 1 fully saturated rings. The van der Waals surface area contributed by atoms with Crippen molar-refractivity contribution in [2.24, 2.45) is 5.92 Å². The Balaban J connectivity index is 2.04. The Labute approximate surface area is 142 Å². The molecule has 1 saturated carbocycles. The van der Waals surface area contributed by atoms with E-state index in [1.165, 1.54) is 6.92 Å². The van der Waals surface area contributed by atoms with Crippen molar-refractivity contribution in [3.63, 3.8) is 0 Å². The Kier molecular flexibility index (Phi) is 6.35. The van der Waals surface area contributed by atoms with Crippen LogP contribution < -0.4 is 16.0 Å². The molecule has 0 unspecified atom stereocenters. The number of rotatable bonds is 6. The van der Waals surface area contributed by atoms with Crippen molar-refractivity contribution in [2.45, 2.75) is 44.7 Å². The first kappa shape index (κ1) is 18.0. The minimum Gasteiger partial charge on any atom is -0.359 e. The molecule has 130 valence electrons. The van der Waals surface area contributed by atoms with Crippen LogP contribution in [-0.2, 0) is 20.8 Å². The molecule has 3 atom stereocenters. The van der Waals surface area contributed by atoms with Crippen molar-refractivity contribution in [2.75, 3.05) is 7.05 Å². The van der Waals surface area contributed by atoms with Gasteiger partial charge in [0.1, 0.15) is 6.04 Å². The summed E-state index contributed by atoms with van der Waals surface area (Å²) >= 11 is 0. The molecule has 3 N–H and O–H groups in total. The fourth-order valence-corrected chi connectivity index (χ4v) is 3.22. The molecule has 6 heteroatoms. The SMILES string of the molecule is CNC(=O)[C@H]1CCC[C@@H]1NC(=O)[C@H](Cc1ccccc1)NC(C)=O. The lowest BCUT2D eigenvalue weighted by atomic mass is 10.0. The van der Waals surface area contributed by atoms with Crippen LogP contribution in [-0.4, -0.2) is 36.9 Å². The van der Waals surface area contributed by atoms with Gasteiger partial charge in [-0.15, -0.1) is 0 Å². The van der Waals surface area contributed by atoms with E-state index < -0.39 is 6.04 Å². The summed E-state index contributed by atoms with van der Waals surface area (Å²) in [5.74, 6) is -0.735. The number of carbonyl (C=O) groups is 3. The third kappa shape index (κ3) is 4.81. The molecule has 0 saturated heterocycles. The third-order valence-corrected chi connectivity index (χ3v) is 4.40. The first-order valence-corrected chi connectivity index (χ1v) is 8.34. The fraction of sp³-hybridized carbons (Fsp3) is 0.500. The lowest BCUT2D eigenvalue weighted by Crippen LogP contribution is -2.52. The molecule has 1 aliphatic carbocycles. The standard InChI is InChI=1S/C18H25N3O3/c1-12(22)20-16(11-13-7-4-3-5-8-13)18(24)21-15-10-6-9-14(15)17(23)19-2/h3-5,7-8,14-16H,6,9-11H2,1-2H3,(H,19,23)(H,20,22)(H,21,24)/t14-,15-,16-/m0/s1. The predicted molar refractivity (Wildman–Crippen MR) is 91.1 cm³/mol. The van der Waals surface area contributed by atoms with Crippen LogP contribution in [0.15, 0.2) is 30.3 Å². The largest absolute Gasteiger partial charge is 0.359 e. The molecule has 1 aromatic carbocycles. The molecular formula is C18H25N3O3. The van der Waals surface area contributed by atoms with Crippen LogP contribution in [0.1, 0.15) is 31.7 Å². The van der Waals surface area contributed by atoms with E-state index in [1.54, 1.807) is 7.05 Å². The molecule has 1 aromatic rings. The maximum Gasteiger partial charge on any atom is 0.243 e. The predicted octanol–water partition coefficient (Wildman–Crippen LogP) is 0.765. The second-order valence-electron chi connectivity index (χ2n) is 6.21. The molecule has 0 spiro atoms. The average molecular weight is 331 g/mol. The van der Waals surface area contributed by atoms with Gasteiger partial charge in [-0.3, -0.25) is 14.4 Å². The number of nitrogens with one attached hydrogen (secondary N) is 3. The normalized spacial score (nSPS) is 20.9. The maximum atomic E-state index is 12.6. The molecule has 0 heterocycles. The van der Waals surface area contributed by atoms with Crippen molar-refractivity contribution < 1.29 is 14.4 Å². The highest BCUT2D eigenvalue weighted by Gasteiger charge is 2.34. The summed E-state index contributed by atoms with van der Waals surface area (Å²) in [5.41, 5.74) is 0.973. The van der Waals surface area contributed by atoms with Crippen LogP contribution in [0.2, 0.25) is 0 Å². The maximum absolute atomic E-state index is 12.6. The molecule has 0 bridgehead atoms. The zero-order valence-corrected chi connectivity index (χ0v) is 14.2. The Bertz CT molecular complexity index is 588. The van der Waals surface area contributed by atoms with Crippen LogP contribution in [0.3, 0.4) is 0 Å². The number of hydrogen-bond acceptors (Lipinski definition) is 3. The lowest BCUT2D eigenvalue weighted by molar-refractivity contribution is -0.130. The molecule has 2 rings (SSSR count). The van der Waals surface area contributed by atoms with Crippen LogP contribution in [0.25, 0.3) is 0 Å². The van der Waals surface area contributed by atoms with E-state index in [0.717, 1.165) is 24.8 Å². The van der Waals surface area contributed by atoms with Gasteiger partial charge in [0.05, 0.1) is 5.92 Å². The van der Waals surface area contributed by atoms with Gasteiger partial charge in [-0.2, -0.15) is 0 Å². The lowest BCUT2D eigenvalue weighted by Gasteiger charge is -2.24. The van der Waals surface area contributed by atoms with E-state index in [2.05, 4.69) is 16.0 Å². The highest BCUT2D eigenvalue weighted by atomic mass is 16.2. The van der Waals surface area contributed by atoms with Gasteiger partial charge in [-0.05, 0) is 18.4 Å². The van der Waals surface area contributed by atoms with Crippen LogP contribution in [0.4, 0.5) is 0 Å². The van der Waals surface area contributed by atoms with E-state index in [9.17, 15) is 14.4 Å². The van der Waals surface area contributed by atoms with Gasteiger partial charge in [0.2, 0.25) is 17.7 Å². The zero-order chi connectivity index (χ0) is 17.5. The summed E-state index contributed by atoms with van der Waals surface area (Å²) in [7, 11) is 1.61. The number of benzene rings is 1. The van der Waals surface area contributed by atoms with Gasteiger partial charge in [-0.1, -0.05) is 36.8 Å². The highest BCUT2D eigenvalue weighted by molar-refractivity contribution is 5.88. The molecular weight excluding hydrogens is 306 g/mol. The van der Waals surface area contributed by atoms with Gasteiger partial charge >= 0.3 is 0 Å². The molecule has 0 aliphatic heterocycles. The third-order valence-electron chi connectivity index (χ3n) is 4.40. The second-order valence-corrected chi connectivity index (χ2v) is 6.21. The van der Waals surface area contributed by atoms with Crippen molar-refractivity contribution in [3.8, 4) is 0 Å². The average Bonchev–Trinajstić information content (AvgIpc) is 3.02.